The van der Waals surface area contributed by atoms with Crippen molar-refractivity contribution < 1.29 is 8.83 Å². The molecule has 0 spiro atoms. The van der Waals surface area contributed by atoms with E-state index in [-0.39, 0.29) is 13.4 Å². The third-order valence-electron chi connectivity index (χ3n) is 17.2. The molecule has 0 unspecified atom stereocenters. The first-order chi connectivity index (χ1) is 40.2. The Bertz CT molecular complexity index is 4860. The van der Waals surface area contributed by atoms with E-state index in [1.165, 1.54) is 48.3 Å². The van der Waals surface area contributed by atoms with Crippen LogP contribution in [0.5, 0.6) is 0 Å². The van der Waals surface area contributed by atoms with Crippen LogP contribution in [-0.2, 0) is 0 Å². The molecule has 81 heavy (non-hydrogen) atoms. The Hall–Kier alpha value is -10.1. The summed E-state index contributed by atoms with van der Waals surface area (Å²) in [6, 6.07) is 97.6. The standard InChI is InChI=1S/C72H44B2N4O2S/c1-6-21-45(22-7-1)75(46-23-8-2-9-24-46)50-41-59-69-60(42-50)78(49-29-14-5-15-30-49)72-53(37-39-64-68(72)52-32-17-19-35-62(52)80-64)73(69)55-43-56-66(44-58(55)76(59)47-25-10-3-11-26-47)81-65-36-20-33-57-70(65)74(56)54-38-40-63-67(51-31-16-18-34-61(51)79-63)71(54)77(57)48-27-12-4-13-28-48/h1-44H. The van der Waals surface area contributed by atoms with E-state index in [0.717, 1.165) is 106 Å². The smallest absolute Gasteiger partial charge is 0.252 e. The molecular formula is C72H44B2N4O2S. The molecule has 0 aliphatic carbocycles. The Balaban J connectivity index is 0.971. The lowest BCUT2D eigenvalue weighted by Crippen LogP contribution is -2.64. The SMILES string of the molecule is c1ccc(N(c2ccccc2)c2cc3c4c(c2)N(c2ccccc2)c2c(ccc5oc6ccccc6c25)B4c2cc4c(cc2N3c2ccccc2)Sc2cccc3c2B4c2ccc4oc5ccccc5c4c2N3c2ccccc2)cc1. The molecule has 0 amide bonds. The molecule has 0 saturated carbocycles. The minimum absolute atomic E-state index is 0.0892. The van der Waals surface area contributed by atoms with Crippen molar-refractivity contribution >= 4 is 170 Å². The van der Waals surface area contributed by atoms with Crippen molar-refractivity contribution in [3.8, 4) is 0 Å². The normalized spacial score (nSPS) is 13.5. The van der Waals surface area contributed by atoms with Gasteiger partial charge in [-0.05, 0) is 143 Å². The summed E-state index contributed by atoms with van der Waals surface area (Å²) in [4.78, 5) is 12.5. The number of rotatable bonds is 6. The van der Waals surface area contributed by atoms with Crippen LogP contribution in [0.25, 0.3) is 43.9 Å². The van der Waals surface area contributed by atoms with Crippen molar-refractivity contribution in [2.24, 2.45) is 0 Å². The van der Waals surface area contributed by atoms with Crippen LogP contribution in [0, 0.1) is 0 Å². The molecular weight excluding hydrogens is 1010 g/mol. The molecule has 0 saturated heterocycles. The number of hydrogen-bond acceptors (Lipinski definition) is 7. The molecule has 2 aromatic heterocycles. The van der Waals surface area contributed by atoms with Gasteiger partial charge in [0, 0.05) is 71.7 Å². The van der Waals surface area contributed by atoms with Crippen molar-refractivity contribution in [1.29, 1.82) is 0 Å². The van der Waals surface area contributed by atoms with Gasteiger partial charge >= 0.3 is 0 Å². The maximum atomic E-state index is 6.84. The van der Waals surface area contributed by atoms with Gasteiger partial charge in [0.1, 0.15) is 22.3 Å². The van der Waals surface area contributed by atoms with Gasteiger partial charge < -0.3 is 28.4 Å². The summed E-state index contributed by atoms with van der Waals surface area (Å²) in [7, 11) is 0. The number of anilines is 12. The zero-order valence-corrected chi connectivity index (χ0v) is 44.4. The lowest BCUT2D eigenvalue weighted by molar-refractivity contribution is 0.668. The monoisotopic (exact) mass is 1050 g/mol. The van der Waals surface area contributed by atoms with Crippen LogP contribution in [0.1, 0.15) is 0 Å². The van der Waals surface area contributed by atoms with Crippen molar-refractivity contribution in [1.82, 2.24) is 0 Å². The van der Waals surface area contributed by atoms with E-state index in [4.69, 9.17) is 8.83 Å². The summed E-state index contributed by atoms with van der Waals surface area (Å²) in [5.74, 6) is 0. The van der Waals surface area contributed by atoms with Crippen LogP contribution >= 0.6 is 11.8 Å². The van der Waals surface area contributed by atoms with Gasteiger partial charge in [-0.3, -0.25) is 0 Å². The lowest BCUT2D eigenvalue weighted by atomic mass is 9.31. The molecule has 376 valence electrons. The number of furan rings is 2. The molecule has 14 aromatic rings. The predicted octanol–water partition coefficient (Wildman–Crippen LogP) is 15.8. The molecule has 0 bridgehead atoms. The molecule has 0 radical (unpaired) electrons. The fourth-order valence-corrected chi connectivity index (χ4v) is 15.2. The van der Waals surface area contributed by atoms with E-state index in [0.29, 0.717) is 0 Å². The highest BCUT2D eigenvalue weighted by atomic mass is 32.2. The van der Waals surface area contributed by atoms with Gasteiger partial charge in [-0.1, -0.05) is 169 Å². The van der Waals surface area contributed by atoms with Gasteiger partial charge in [-0.2, -0.15) is 0 Å². The molecule has 9 heteroatoms. The highest BCUT2D eigenvalue weighted by Gasteiger charge is 2.48. The van der Waals surface area contributed by atoms with Crippen molar-refractivity contribution in [3.63, 3.8) is 0 Å². The Morgan fingerprint density at radius 1 is 0.309 bits per heavy atom. The third-order valence-corrected chi connectivity index (χ3v) is 18.3. The highest BCUT2D eigenvalue weighted by molar-refractivity contribution is 8.00. The molecule has 0 fully saturated rings. The van der Waals surface area contributed by atoms with E-state index >= 15 is 0 Å². The average Bonchev–Trinajstić information content (AvgIpc) is 2.87. The van der Waals surface area contributed by atoms with E-state index in [1.807, 2.05) is 11.8 Å². The van der Waals surface area contributed by atoms with Crippen LogP contribution in [-0.4, -0.2) is 13.4 Å². The fourth-order valence-electron chi connectivity index (χ4n) is 14.0. The number of para-hydroxylation sites is 7. The number of nitrogens with zero attached hydrogens (tertiary/aromatic N) is 4. The zero-order chi connectivity index (χ0) is 52.9. The Morgan fingerprint density at radius 3 is 1.33 bits per heavy atom. The third kappa shape index (κ3) is 6.43. The molecule has 0 N–H and O–H groups in total. The second kappa shape index (κ2) is 17.2. The van der Waals surface area contributed by atoms with E-state index < -0.39 is 0 Å². The quantitative estimate of drug-likeness (QED) is 0.154. The Kier molecular flexibility index (Phi) is 9.53. The van der Waals surface area contributed by atoms with Gasteiger partial charge in [0.05, 0.1) is 27.8 Å². The van der Waals surface area contributed by atoms with E-state index in [2.05, 4.69) is 287 Å². The first kappa shape index (κ1) is 44.9. The Labute approximate surface area is 472 Å². The summed E-state index contributed by atoms with van der Waals surface area (Å²) in [5.41, 5.74) is 24.5. The number of benzene rings is 12. The summed E-state index contributed by atoms with van der Waals surface area (Å²) in [6.07, 6.45) is 0. The topological polar surface area (TPSA) is 39.2 Å². The van der Waals surface area contributed by atoms with Crippen molar-refractivity contribution in [2.75, 3.05) is 19.6 Å². The molecule has 18 rings (SSSR count). The second-order valence-corrected chi connectivity index (χ2v) is 22.6. The average molecular weight is 1050 g/mol. The van der Waals surface area contributed by atoms with Gasteiger partial charge in [0.15, 0.2) is 0 Å². The van der Waals surface area contributed by atoms with Gasteiger partial charge in [-0.15, -0.1) is 0 Å². The lowest BCUT2D eigenvalue weighted by Gasteiger charge is -2.46. The molecule has 12 aromatic carbocycles. The largest absolute Gasteiger partial charge is 0.456 e. The minimum Gasteiger partial charge on any atom is -0.456 e. The summed E-state index contributed by atoms with van der Waals surface area (Å²) in [5, 5.41) is 4.43. The van der Waals surface area contributed by atoms with E-state index in [1.54, 1.807) is 0 Å². The number of hydrogen-bond donors (Lipinski definition) is 0. The Morgan fingerprint density at radius 2 is 0.778 bits per heavy atom. The molecule has 4 aliphatic rings. The summed E-state index contributed by atoms with van der Waals surface area (Å²) in [6.45, 7) is -0.279. The minimum atomic E-state index is -0.190. The fraction of sp³-hybridized carbons (Fsp3) is 0. The van der Waals surface area contributed by atoms with Gasteiger partial charge in [-0.25, -0.2) is 0 Å². The molecule has 6 heterocycles. The summed E-state index contributed by atoms with van der Waals surface area (Å²) >= 11 is 1.90. The maximum absolute atomic E-state index is 6.84. The van der Waals surface area contributed by atoms with Crippen LogP contribution in [0.3, 0.4) is 0 Å². The van der Waals surface area contributed by atoms with Crippen molar-refractivity contribution in [3.05, 3.63) is 267 Å². The van der Waals surface area contributed by atoms with Crippen LogP contribution in [0.15, 0.2) is 286 Å². The molecule has 6 nitrogen and oxygen atoms in total. The van der Waals surface area contributed by atoms with Crippen LogP contribution in [0.2, 0.25) is 0 Å². The van der Waals surface area contributed by atoms with Crippen LogP contribution < -0.4 is 52.4 Å². The first-order valence-corrected chi connectivity index (χ1v) is 28.5. The molecule has 4 aliphatic heterocycles. The van der Waals surface area contributed by atoms with Crippen LogP contribution in [0.4, 0.5) is 68.2 Å². The maximum Gasteiger partial charge on any atom is 0.252 e. The number of fused-ring (bicyclic) bond motifs is 16. The van der Waals surface area contributed by atoms with Gasteiger partial charge in [0.2, 0.25) is 6.71 Å². The predicted molar refractivity (Wildman–Crippen MR) is 340 cm³/mol. The second-order valence-electron chi connectivity index (χ2n) is 21.5. The van der Waals surface area contributed by atoms with E-state index in [9.17, 15) is 0 Å². The first-order valence-electron chi connectivity index (χ1n) is 27.7. The van der Waals surface area contributed by atoms with Crippen molar-refractivity contribution in [2.45, 2.75) is 9.79 Å². The summed E-state index contributed by atoms with van der Waals surface area (Å²) < 4.78 is 13.6. The van der Waals surface area contributed by atoms with Gasteiger partial charge in [0.25, 0.3) is 6.71 Å². The zero-order valence-electron chi connectivity index (χ0n) is 43.6. The highest BCUT2D eigenvalue weighted by Crippen LogP contribution is 2.52. The molecule has 0 atom stereocenters.